The van der Waals surface area contributed by atoms with Gasteiger partial charge < -0.3 is 10.2 Å². The first kappa shape index (κ1) is 8.26. The van der Waals surface area contributed by atoms with Crippen molar-refractivity contribution in [1.82, 2.24) is 5.32 Å². The Kier molecular flexibility index (Phi) is 2.27. The molecule has 0 bridgehead atoms. The lowest BCUT2D eigenvalue weighted by Crippen LogP contribution is -2.48. The molecule has 2 rings (SSSR count). The highest BCUT2D eigenvalue weighted by atomic mass is 16.2. The summed E-state index contributed by atoms with van der Waals surface area (Å²) >= 11 is 0. The van der Waals surface area contributed by atoms with Crippen molar-refractivity contribution in [3.8, 4) is 0 Å². The average molecular weight is 175 g/mol. The molecular formula is C10H11N2O. The number of anilines is 1. The van der Waals surface area contributed by atoms with Gasteiger partial charge in [0.25, 0.3) is 0 Å². The maximum atomic E-state index is 11.4. The second-order valence-electron chi connectivity index (χ2n) is 2.97. The molecule has 0 atom stereocenters. The van der Waals surface area contributed by atoms with Gasteiger partial charge in [-0.2, -0.15) is 0 Å². The highest BCUT2D eigenvalue weighted by molar-refractivity contribution is 5.95. The van der Waals surface area contributed by atoms with Crippen LogP contribution in [-0.4, -0.2) is 25.5 Å². The van der Waals surface area contributed by atoms with E-state index < -0.39 is 0 Å². The Morgan fingerprint density at radius 1 is 1.46 bits per heavy atom. The smallest absolute Gasteiger partial charge is 0.241 e. The van der Waals surface area contributed by atoms with Crippen LogP contribution in [-0.2, 0) is 4.79 Å². The van der Waals surface area contributed by atoms with E-state index in [1.165, 1.54) is 0 Å². The number of nitrogens with zero attached hydrogens (tertiary/aromatic N) is 1. The molecule has 0 saturated carbocycles. The molecule has 1 amide bonds. The zero-order valence-electron chi connectivity index (χ0n) is 7.29. The maximum absolute atomic E-state index is 11.4. The Balaban J connectivity index is 2.20. The minimum Gasteiger partial charge on any atom is -0.309 e. The van der Waals surface area contributed by atoms with Gasteiger partial charge >= 0.3 is 0 Å². The lowest BCUT2D eigenvalue weighted by molar-refractivity contribution is -0.118. The van der Waals surface area contributed by atoms with Gasteiger partial charge in [-0.1, -0.05) is 18.2 Å². The minimum atomic E-state index is 0.119. The minimum absolute atomic E-state index is 0.119. The van der Waals surface area contributed by atoms with Crippen molar-refractivity contribution < 1.29 is 4.79 Å². The SMILES string of the molecule is O=C1CNCCN1c1[c]cccc1. The number of hydrogen-bond donors (Lipinski definition) is 1. The van der Waals surface area contributed by atoms with Gasteiger partial charge in [0.15, 0.2) is 0 Å². The third-order valence-electron chi connectivity index (χ3n) is 2.07. The summed E-state index contributed by atoms with van der Waals surface area (Å²) in [5, 5.41) is 3.03. The molecule has 1 heterocycles. The average Bonchev–Trinajstić information content (AvgIpc) is 2.20. The van der Waals surface area contributed by atoms with Crippen LogP contribution in [0.4, 0.5) is 5.69 Å². The fourth-order valence-corrected chi connectivity index (χ4v) is 1.41. The summed E-state index contributed by atoms with van der Waals surface area (Å²) < 4.78 is 0. The topological polar surface area (TPSA) is 32.3 Å². The molecule has 1 radical (unpaired) electrons. The fraction of sp³-hybridized carbons (Fsp3) is 0.300. The number of nitrogens with one attached hydrogen (secondary N) is 1. The molecule has 1 aromatic rings. The molecule has 3 nitrogen and oxygen atoms in total. The van der Waals surface area contributed by atoms with Crippen LogP contribution >= 0.6 is 0 Å². The molecular weight excluding hydrogens is 164 g/mol. The lowest BCUT2D eigenvalue weighted by Gasteiger charge is -2.27. The summed E-state index contributed by atoms with van der Waals surface area (Å²) in [5.41, 5.74) is 0.869. The zero-order chi connectivity index (χ0) is 9.10. The molecule has 1 saturated heterocycles. The Bertz CT molecular complexity index is 297. The third kappa shape index (κ3) is 1.70. The fourth-order valence-electron chi connectivity index (χ4n) is 1.41. The lowest BCUT2D eigenvalue weighted by atomic mass is 10.2. The van der Waals surface area contributed by atoms with Crippen molar-refractivity contribution in [1.29, 1.82) is 0 Å². The maximum Gasteiger partial charge on any atom is 0.241 e. The normalized spacial score (nSPS) is 17.5. The first-order valence-corrected chi connectivity index (χ1v) is 4.36. The number of hydrogen-bond acceptors (Lipinski definition) is 2. The zero-order valence-corrected chi connectivity index (χ0v) is 7.29. The van der Waals surface area contributed by atoms with E-state index >= 15 is 0 Å². The van der Waals surface area contributed by atoms with E-state index in [2.05, 4.69) is 11.4 Å². The summed E-state index contributed by atoms with van der Waals surface area (Å²) in [7, 11) is 0. The van der Waals surface area contributed by atoms with Gasteiger partial charge in [-0.3, -0.25) is 4.79 Å². The molecule has 3 heteroatoms. The Labute approximate surface area is 77.4 Å². The Hall–Kier alpha value is -1.35. The largest absolute Gasteiger partial charge is 0.309 e. The van der Waals surface area contributed by atoms with Gasteiger partial charge in [-0.05, 0) is 6.07 Å². The van der Waals surface area contributed by atoms with Crippen LogP contribution in [0.1, 0.15) is 0 Å². The summed E-state index contributed by atoms with van der Waals surface area (Å²) in [6.07, 6.45) is 0. The number of amides is 1. The number of rotatable bonds is 1. The van der Waals surface area contributed by atoms with Crippen molar-refractivity contribution in [3.63, 3.8) is 0 Å². The van der Waals surface area contributed by atoms with Crippen LogP contribution in [0.5, 0.6) is 0 Å². The molecule has 1 aromatic carbocycles. The van der Waals surface area contributed by atoms with E-state index in [1.54, 1.807) is 4.90 Å². The van der Waals surface area contributed by atoms with Crippen LogP contribution in [0.3, 0.4) is 0 Å². The van der Waals surface area contributed by atoms with E-state index in [0.717, 1.165) is 18.8 Å². The van der Waals surface area contributed by atoms with Gasteiger partial charge in [0, 0.05) is 19.2 Å². The molecule has 67 valence electrons. The van der Waals surface area contributed by atoms with E-state index in [0.29, 0.717) is 6.54 Å². The number of carbonyl (C=O) groups is 1. The van der Waals surface area contributed by atoms with Crippen molar-refractivity contribution >= 4 is 11.6 Å². The predicted molar refractivity (Wildman–Crippen MR) is 50.5 cm³/mol. The molecule has 0 spiro atoms. The van der Waals surface area contributed by atoms with Crippen LogP contribution in [0.2, 0.25) is 0 Å². The van der Waals surface area contributed by atoms with Crippen LogP contribution < -0.4 is 10.2 Å². The molecule has 0 aromatic heterocycles. The Morgan fingerprint density at radius 3 is 3.08 bits per heavy atom. The number of piperazine rings is 1. The molecule has 1 aliphatic rings. The summed E-state index contributed by atoms with van der Waals surface area (Å²) in [5.74, 6) is 0.119. The first-order chi connectivity index (χ1) is 6.38. The highest BCUT2D eigenvalue weighted by Gasteiger charge is 2.18. The van der Waals surface area contributed by atoms with Gasteiger partial charge in [0.1, 0.15) is 0 Å². The molecule has 1 fully saturated rings. The van der Waals surface area contributed by atoms with E-state index in [-0.39, 0.29) is 5.91 Å². The van der Waals surface area contributed by atoms with Crippen molar-refractivity contribution in [3.05, 3.63) is 30.3 Å². The molecule has 13 heavy (non-hydrogen) atoms. The molecule has 0 aliphatic carbocycles. The predicted octanol–water partition coefficient (Wildman–Crippen LogP) is 0.423. The number of benzene rings is 1. The highest BCUT2D eigenvalue weighted by Crippen LogP contribution is 2.12. The summed E-state index contributed by atoms with van der Waals surface area (Å²) in [6, 6.07) is 10.6. The van der Waals surface area contributed by atoms with Crippen molar-refractivity contribution in [2.75, 3.05) is 24.5 Å². The van der Waals surface area contributed by atoms with Gasteiger partial charge in [0.2, 0.25) is 5.91 Å². The summed E-state index contributed by atoms with van der Waals surface area (Å²) in [4.78, 5) is 13.2. The van der Waals surface area contributed by atoms with Gasteiger partial charge in [-0.25, -0.2) is 0 Å². The second kappa shape index (κ2) is 3.58. The molecule has 0 unspecified atom stereocenters. The second-order valence-corrected chi connectivity index (χ2v) is 2.97. The van der Waals surface area contributed by atoms with Crippen molar-refractivity contribution in [2.24, 2.45) is 0 Å². The molecule has 1 N–H and O–H groups in total. The molecule has 1 aliphatic heterocycles. The van der Waals surface area contributed by atoms with E-state index in [9.17, 15) is 4.79 Å². The van der Waals surface area contributed by atoms with Gasteiger partial charge in [-0.15, -0.1) is 0 Å². The van der Waals surface area contributed by atoms with Crippen LogP contribution in [0, 0.1) is 6.07 Å². The standard InChI is InChI=1S/C10H11N2O/c13-10-8-11-6-7-12(10)9-4-2-1-3-5-9/h1-4,11H,6-8H2. The van der Waals surface area contributed by atoms with E-state index in [4.69, 9.17) is 0 Å². The Morgan fingerprint density at radius 2 is 2.38 bits per heavy atom. The number of para-hydroxylation sites is 1. The van der Waals surface area contributed by atoms with Crippen LogP contribution in [0.15, 0.2) is 24.3 Å². The number of carbonyl (C=O) groups excluding carboxylic acids is 1. The monoisotopic (exact) mass is 175 g/mol. The quantitative estimate of drug-likeness (QED) is 0.671. The van der Waals surface area contributed by atoms with Crippen molar-refractivity contribution in [2.45, 2.75) is 0 Å². The van der Waals surface area contributed by atoms with Gasteiger partial charge in [0.05, 0.1) is 12.2 Å². The third-order valence-corrected chi connectivity index (χ3v) is 2.07. The first-order valence-electron chi connectivity index (χ1n) is 4.36. The summed E-state index contributed by atoms with van der Waals surface area (Å²) in [6.45, 7) is 2.02. The van der Waals surface area contributed by atoms with Crippen LogP contribution in [0.25, 0.3) is 0 Å². The van der Waals surface area contributed by atoms with E-state index in [1.807, 2.05) is 24.3 Å².